The number of hydrogen-bond donors (Lipinski definition) is 0. The zero-order valence-corrected chi connectivity index (χ0v) is 17.2. The number of hydrogen-bond acceptors (Lipinski definition) is 2. The van der Waals surface area contributed by atoms with Crippen LogP contribution < -0.4 is 0 Å². The van der Waals surface area contributed by atoms with Crippen LogP contribution in [0.5, 0.6) is 0 Å². The first-order valence-corrected chi connectivity index (χ1v) is 10.8. The Bertz CT molecular complexity index is 767. The van der Waals surface area contributed by atoms with Gasteiger partial charge in [0, 0.05) is 22.6 Å². The van der Waals surface area contributed by atoms with Gasteiger partial charge in [0.05, 0.1) is 6.04 Å². The summed E-state index contributed by atoms with van der Waals surface area (Å²) in [7, 11) is 0. The third-order valence-electron chi connectivity index (χ3n) is 5.75. The molecule has 3 heteroatoms. The molecule has 27 heavy (non-hydrogen) atoms. The van der Waals surface area contributed by atoms with Gasteiger partial charge in [0.25, 0.3) is 0 Å². The molecule has 2 aromatic carbocycles. The van der Waals surface area contributed by atoms with E-state index in [1.807, 2.05) is 30.0 Å². The van der Waals surface area contributed by atoms with Gasteiger partial charge in [-0.25, -0.2) is 0 Å². The van der Waals surface area contributed by atoms with Gasteiger partial charge in [0.15, 0.2) is 0 Å². The van der Waals surface area contributed by atoms with Crippen LogP contribution in [0.4, 0.5) is 0 Å². The van der Waals surface area contributed by atoms with Crippen LogP contribution in [0.3, 0.4) is 0 Å². The molecule has 1 aliphatic heterocycles. The molecule has 0 aromatic heterocycles. The van der Waals surface area contributed by atoms with Crippen molar-refractivity contribution in [3.8, 4) is 0 Å². The molecule has 1 amide bonds. The Balaban J connectivity index is 1.84. The second-order valence-electron chi connectivity index (χ2n) is 7.29. The van der Waals surface area contributed by atoms with Gasteiger partial charge < -0.3 is 4.90 Å². The maximum absolute atomic E-state index is 12.9. The van der Waals surface area contributed by atoms with Crippen LogP contribution in [0.1, 0.15) is 44.2 Å². The normalized spacial score (nSPS) is 17.6. The van der Waals surface area contributed by atoms with E-state index in [2.05, 4.69) is 67.8 Å². The quantitative estimate of drug-likeness (QED) is 0.537. The number of likely N-dealkylation sites (tertiary alicyclic amines) is 1. The molecule has 1 unspecified atom stereocenters. The molecule has 0 N–H and O–H groups in total. The number of thioether (sulfide) groups is 1. The van der Waals surface area contributed by atoms with E-state index >= 15 is 0 Å². The van der Waals surface area contributed by atoms with E-state index < -0.39 is 0 Å². The first kappa shape index (κ1) is 19.8. The van der Waals surface area contributed by atoms with Gasteiger partial charge >= 0.3 is 0 Å². The number of carbonyl (C=O) groups excluding carboxylic acids is 1. The maximum atomic E-state index is 12.9. The lowest BCUT2D eigenvalue weighted by atomic mass is 9.90. The number of nitrogens with zero attached hydrogens (tertiary/aromatic N) is 1. The van der Waals surface area contributed by atoms with E-state index in [1.165, 1.54) is 11.1 Å². The largest absolute Gasteiger partial charge is 0.330 e. The first-order chi connectivity index (χ1) is 13.1. The van der Waals surface area contributed by atoms with Crippen LogP contribution in [0.15, 0.2) is 72.8 Å². The van der Waals surface area contributed by atoms with Crippen molar-refractivity contribution in [1.29, 1.82) is 0 Å². The Kier molecular flexibility index (Phi) is 6.43. The molecule has 1 atom stereocenters. The van der Waals surface area contributed by atoms with Crippen molar-refractivity contribution in [3.63, 3.8) is 0 Å². The number of carbonyl (C=O) groups is 1. The smallest absolute Gasteiger partial charge is 0.249 e. The highest BCUT2D eigenvalue weighted by Gasteiger charge is 2.46. The molecule has 0 aliphatic carbocycles. The third kappa shape index (κ3) is 4.30. The van der Waals surface area contributed by atoms with E-state index in [0.29, 0.717) is 6.54 Å². The van der Waals surface area contributed by atoms with Crippen molar-refractivity contribution in [2.75, 3.05) is 0 Å². The van der Waals surface area contributed by atoms with Crippen LogP contribution in [-0.4, -0.2) is 21.6 Å². The van der Waals surface area contributed by atoms with Crippen molar-refractivity contribution >= 4 is 17.7 Å². The summed E-state index contributed by atoms with van der Waals surface area (Å²) >= 11 is 2.00. The monoisotopic (exact) mass is 379 g/mol. The molecule has 0 spiro atoms. The van der Waals surface area contributed by atoms with E-state index in [9.17, 15) is 4.79 Å². The van der Waals surface area contributed by atoms with Crippen molar-refractivity contribution in [2.24, 2.45) is 0 Å². The molecule has 142 valence electrons. The van der Waals surface area contributed by atoms with Gasteiger partial charge in [-0.3, -0.25) is 4.79 Å². The standard InChI is InChI=1S/C24H29NOS/c1-4-24(5-2,27-18-21-14-10-7-11-15-21)22-16-19(3)23(26)25(22)17-20-12-8-6-9-13-20/h6-15,22H,3-5,16-18H2,1-2H3. The third-order valence-corrected chi connectivity index (χ3v) is 7.65. The highest BCUT2D eigenvalue weighted by Crippen LogP contribution is 2.45. The van der Waals surface area contributed by atoms with Crippen LogP contribution in [0.2, 0.25) is 0 Å². The summed E-state index contributed by atoms with van der Waals surface area (Å²) in [5, 5.41) is 0. The molecule has 2 nitrogen and oxygen atoms in total. The highest BCUT2D eigenvalue weighted by molar-refractivity contribution is 8.00. The fourth-order valence-corrected chi connectivity index (χ4v) is 5.49. The van der Waals surface area contributed by atoms with Gasteiger partial charge in [-0.05, 0) is 30.4 Å². The highest BCUT2D eigenvalue weighted by atomic mass is 32.2. The summed E-state index contributed by atoms with van der Waals surface area (Å²) in [6.07, 6.45) is 2.85. The molecule has 1 fully saturated rings. The van der Waals surface area contributed by atoms with Crippen LogP contribution in [0.25, 0.3) is 0 Å². The van der Waals surface area contributed by atoms with Crippen LogP contribution in [0, 0.1) is 0 Å². The Morgan fingerprint density at radius 3 is 2.11 bits per heavy atom. The molecule has 0 saturated carbocycles. The Morgan fingerprint density at radius 1 is 1.00 bits per heavy atom. The Morgan fingerprint density at radius 2 is 1.56 bits per heavy atom. The minimum Gasteiger partial charge on any atom is -0.330 e. The van der Waals surface area contributed by atoms with E-state index in [-0.39, 0.29) is 16.7 Å². The van der Waals surface area contributed by atoms with Crippen molar-refractivity contribution < 1.29 is 4.79 Å². The molecular weight excluding hydrogens is 350 g/mol. The molecule has 2 aromatic rings. The molecule has 1 saturated heterocycles. The Hall–Kier alpha value is -2.00. The van der Waals surface area contributed by atoms with Crippen molar-refractivity contribution in [2.45, 2.75) is 56.2 Å². The molecule has 0 radical (unpaired) electrons. The van der Waals surface area contributed by atoms with Crippen molar-refractivity contribution in [3.05, 3.63) is 83.9 Å². The predicted octanol–water partition coefficient (Wildman–Crippen LogP) is 5.84. The second-order valence-corrected chi connectivity index (χ2v) is 8.68. The summed E-state index contributed by atoms with van der Waals surface area (Å²) in [4.78, 5) is 15.0. The minimum absolute atomic E-state index is 0.0414. The van der Waals surface area contributed by atoms with E-state index in [1.54, 1.807) is 0 Å². The van der Waals surface area contributed by atoms with Gasteiger partial charge in [-0.2, -0.15) is 0 Å². The number of amides is 1. The van der Waals surface area contributed by atoms with Gasteiger partial charge in [-0.1, -0.05) is 81.1 Å². The zero-order chi connectivity index (χ0) is 19.3. The summed E-state index contributed by atoms with van der Waals surface area (Å²) in [6, 6.07) is 21.1. The first-order valence-electron chi connectivity index (χ1n) is 9.80. The average Bonchev–Trinajstić information content (AvgIpc) is 3.00. The lowest BCUT2D eigenvalue weighted by molar-refractivity contribution is -0.127. The molecular formula is C24H29NOS. The second kappa shape index (κ2) is 8.79. The fourth-order valence-electron chi connectivity index (χ4n) is 4.03. The lowest BCUT2D eigenvalue weighted by Gasteiger charge is -2.42. The average molecular weight is 380 g/mol. The number of benzene rings is 2. The van der Waals surface area contributed by atoms with Gasteiger partial charge in [0.2, 0.25) is 5.91 Å². The van der Waals surface area contributed by atoms with Crippen molar-refractivity contribution in [1.82, 2.24) is 4.90 Å². The molecule has 3 rings (SSSR count). The summed E-state index contributed by atoms with van der Waals surface area (Å²) < 4.78 is 0.0414. The maximum Gasteiger partial charge on any atom is 0.249 e. The number of rotatable bonds is 8. The fraction of sp³-hybridized carbons (Fsp3) is 0.375. The summed E-state index contributed by atoms with van der Waals surface area (Å²) in [6.45, 7) is 9.26. The Labute approximate surface area is 167 Å². The molecule has 1 aliphatic rings. The summed E-state index contributed by atoms with van der Waals surface area (Å²) in [5.41, 5.74) is 3.27. The minimum atomic E-state index is 0.0414. The van der Waals surface area contributed by atoms with E-state index in [4.69, 9.17) is 0 Å². The lowest BCUT2D eigenvalue weighted by Crippen LogP contribution is -2.47. The van der Waals surface area contributed by atoms with Gasteiger partial charge in [-0.15, -0.1) is 11.8 Å². The SMILES string of the molecule is C=C1CC(C(CC)(CC)SCc2ccccc2)N(Cc2ccccc2)C1=O. The van der Waals surface area contributed by atoms with Crippen LogP contribution >= 0.6 is 11.8 Å². The topological polar surface area (TPSA) is 20.3 Å². The molecule has 1 heterocycles. The summed E-state index contributed by atoms with van der Waals surface area (Å²) in [5.74, 6) is 1.09. The zero-order valence-electron chi connectivity index (χ0n) is 16.4. The van der Waals surface area contributed by atoms with E-state index in [0.717, 1.165) is 30.6 Å². The van der Waals surface area contributed by atoms with Crippen LogP contribution in [-0.2, 0) is 17.1 Å². The van der Waals surface area contributed by atoms with Gasteiger partial charge in [0.1, 0.15) is 0 Å². The molecule has 0 bridgehead atoms. The predicted molar refractivity (Wildman–Crippen MR) is 116 cm³/mol.